The molecule has 0 spiro atoms. The average Bonchev–Trinajstić information content (AvgIpc) is 2.67. The van der Waals surface area contributed by atoms with E-state index in [-0.39, 0.29) is 17.7 Å². The van der Waals surface area contributed by atoms with Crippen LogP contribution in [0.3, 0.4) is 0 Å². The van der Waals surface area contributed by atoms with E-state index in [2.05, 4.69) is 5.32 Å². The van der Waals surface area contributed by atoms with Crippen LogP contribution < -0.4 is 5.32 Å². The van der Waals surface area contributed by atoms with Crippen LogP contribution in [0.2, 0.25) is 0 Å². The summed E-state index contributed by atoms with van der Waals surface area (Å²) in [6, 6.07) is 6.13. The first-order valence-electron chi connectivity index (χ1n) is 5.35. The summed E-state index contributed by atoms with van der Waals surface area (Å²) in [5.41, 5.74) is 0.710. The number of benzene rings is 1. The molecule has 1 saturated carbocycles. The first kappa shape index (κ1) is 10.9. The Morgan fingerprint density at radius 3 is 2.88 bits per heavy atom. The number of nitrogens with zero attached hydrogens (tertiary/aromatic N) is 1. The molecule has 3 nitrogen and oxygen atoms in total. The zero-order valence-corrected chi connectivity index (χ0v) is 8.78. The Kier molecular flexibility index (Phi) is 3.07. The van der Waals surface area contributed by atoms with E-state index in [0.29, 0.717) is 5.69 Å². The van der Waals surface area contributed by atoms with Crippen molar-refractivity contribution in [1.29, 1.82) is 5.26 Å². The van der Waals surface area contributed by atoms with E-state index in [1.807, 2.05) is 0 Å². The number of aliphatic hydroxyl groups is 1. The zero-order valence-electron chi connectivity index (χ0n) is 8.78. The molecule has 84 valence electrons. The summed E-state index contributed by atoms with van der Waals surface area (Å²) in [5.74, 6) is -0.514. The maximum absolute atomic E-state index is 13.1. The largest absolute Gasteiger partial charge is 0.391 e. The van der Waals surface area contributed by atoms with Crippen LogP contribution in [-0.4, -0.2) is 17.3 Å². The summed E-state index contributed by atoms with van der Waals surface area (Å²) in [4.78, 5) is 0. The Balaban J connectivity index is 2.13. The highest BCUT2D eigenvalue weighted by molar-refractivity contribution is 5.50. The van der Waals surface area contributed by atoms with E-state index >= 15 is 0 Å². The Bertz CT molecular complexity index is 428. The quantitative estimate of drug-likeness (QED) is 0.801. The van der Waals surface area contributed by atoms with Crippen molar-refractivity contribution >= 4 is 5.69 Å². The molecule has 2 unspecified atom stereocenters. The number of nitrogens with one attached hydrogen (secondary N) is 1. The van der Waals surface area contributed by atoms with Crippen molar-refractivity contribution in [2.75, 3.05) is 5.32 Å². The van der Waals surface area contributed by atoms with E-state index in [1.54, 1.807) is 12.1 Å². The molecule has 0 amide bonds. The van der Waals surface area contributed by atoms with E-state index in [0.717, 1.165) is 19.3 Å². The third-order valence-corrected chi connectivity index (χ3v) is 2.92. The maximum atomic E-state index is 13.1. The molecule has 1 aliphatic carbocycles. The Morgan fingerprint density at radius 2 is 2.25 bits per heavy atom. The summed E-state index contributed by atoms with van der Waals surface area (Å²) in [6.45, 7) is 0. The molecule has 0 radical (unpaired) electrons. The van der Waals surface area contributed by atoms with Crippen molar-refractivity contribution in [3.8, 4) is 6.07 Å². The van der Waals surface area contributed by atoms with Gasteiger partial charge in [-0.15, -0.1) is 0 Å². The number of rotatable bonds is 2. The van der Waals surface area contributed by atoms with Crippen LogP contribution in [0.25, 0.3) is 0 Å². The van der Waals surface area contributed by atoms with Gasteiger partial charge < -0.3 is 10.4 Å². The highest BCUT2D eigenvalue weighted by Crippen LogP contribution is 2.23. The second-order valence-electron chi connectivity index (χ2n) is 4.06. The fraction of sp³-hybridized carbons (Fsp3) is 0.417. The van der Waals surface area contributed by atoms with Gasteiger partial charge in [-0.3, -0.25) is 0 Å². The fourth-order valence-corrected chi connectivity index (χ4v) is 2.02. The van der Waals surface area contributed by atoms with Crippen molar-refractivity contribution in [3.05, 3.63) is 29.6 Å². The van der Waals surface area contributed by atoms with Crippen molar-refractivity contribution in [2.24, 2.45) is 0 Å². The molecule has 0 aliphatic heterocycles. The first-order valence-corrected chi connectivity index (χ1v) is 5.35. The number of halogens is 1. The summed E-state index contributed by atoms with van der Waals surface area (Å²) in [5, 5.41) is 21.4. The van der Waals surface area contributed by atoms with Gasteiger partial charge in [0.2, 0.25) is 0 Å². The number of nitriles is 1. The molecule has 2 atom stereocenters. The van der Waals surface area contributed by atoms with Gasteiger partial charge in [0.25, 0.3) is 0 Å². The van der Waals surface area contributed by atoms with Crippen LogP contribution in [0.15, 0.2) is 18.2 Å². The van der Waals surface area contributed by atoms with Gasteiger partial charge in [-0.05, 0) is 37.5 Å². The topological polar surface area (TPSA) is 56.0 Å². The Hall–Kier alpha value is -1.60. The van der Waals surface area contributed by atoms with Crippen LogP contribution in [0.4, 0.5) is 10.1 Å². The van der Waals surface area contributed by atoms with Gasteiger partial charge in [0, 0.05) is 5.69 Å². The van der Waals surface area contributed by atoms with Gasteiger partial charge >= 0.3 is 0 Å². The smallest absolute Gasteiger partial charge is 0.141 e. The minimum Gasteiger partial charge on any atom is -0.391 e. The molecule has 16 heavy (non-hydrogen) atoms. The molecule has 0 bridgehead atoms. The zero-order chi connectivity index (χ0) is 11.5. The molecule has 2 N–H and O–H groups in total. The predicted octanol–water partition coefficient (Wildman–Crippen LogP) is 2.02. The van der Waals surface area contributed by atoms with Gasteiger partial charge in [0.15, 0.2) is 0 Å². The van der Waals surface area contributed by atoms with Crippen molar-refractivity contribution in [3.63, 3.8) is 0 Å². The van der Waals surface area contributed by atoms with E-state index < -0.39 is 5.82 Å². The second kappa shape index (κ2) is 4.50. The Labute approximate surface area is 93.5 Å². The molecular weight excluding hydrogens is 207 g/mol. The van der Waals surface area contributed by atoms with E-state index in [1.165, 1.54) is 12.1 Å². The molecule has 1 fully saturated rings. The number of hydrogen-bond acceptors (Lipinski definition) is 3. The molecule has 2 rings (SSSR count). The average molecular weight is 220 g/mol. The first-order chi connectivity index (χ1) is 7.70. The molecule has 0 heterocycles. The van der Waals surface area contributed by atoms with E-state index in [9.17, 15) is 9.50 Å². The monoisotopic (exact) mass is 220 g/mol. The third-order valence-electron chi connectivity index (χ3n) is 2.92. The van der Waals surface area contributed by atoms with Gasteiger partial charge in [0.05, 0.1) is 17.7 Å². The predicted molar refractivity (Wildman–Crippen MR) is 58.4 cm³/mol. The lowest BCUT2D eigenvalue weighted by molar-refractivity contribution is 0.172. The van der Waals surface area contributed by atoms with Crippen LogP contribution >= 0.6 is 0 Å². The molecule has 0 aromatic heterocycles. The standard InChI is InChI=1S/C12H13FN2O/c13-10-5-4-9(6-8(10)7-14)15-11-2-1-3-12(11)16/h4-6,11-12,15-16H,1-3H2. The summed E-state index contributed by atoms with van der Waals surface area (Å²) in [6.07, 6.45) is 2.34. The molecule has 0 saturated heterocycles. The van der Waals surface area contributed by atoms with Crippen molar-refractivity contribution in [1.82, 2.24) is 0 Å². The van der Waals surface area contributed by atoms with Crippen LogP contribution in [0.1, 0.15) is 24.8 Å². The van der Waals surface area contributed by atoms with Gasteiger partial charge in [-0.2, -0.15) is 5.26 Å². The highest BCUT2D eigenvalue weighted by atomic mass is 19.1. The summed E-state index contributed by atoms with van der Waals surface area (Å²) >= 11 is 0. The lowest BCUT2D eigenvalue weighted by Crippen LogP contribution is -2.27. The van der Waals surface area contributed by atoms with Crippen LogP contribution in [-0.2, 0) is 0 Å². The Morgan fingerprint density at radius 1 is 1.44 bits per heavy atom. The molecule has 1 aliphatic rings. The molecule has 1 aromatic carbocycles. The molecule has 1 aromatic rings. The minimum atomic E-state index is -0.514. The lowest BCUT2D eigenvalue weighted by Gasteiger charge is -2.17. The normalized spacial score (nSPS) is 24.1. The van der Waals surface area contributed by atoms with Gasteiger partial charge in [0.1, 0.15) is 11.9 Å². The maximum Gasteiger partial charge on any atom is 0.141 e. The SMILES string of the molecule is N#Cc1cc(NC2CCCC2O)ccc1F. The highest BCUT2D eigenvalue weighted by Gasteiger charge is 2.24. The number of anilines is 1. The minimum absolute atomic E-state index is 0.0111. The van der Waals surface area contributed by atoms with Crippen molar-refractivity contribution in [2.45, 2.75) is 31.4 Å². The third kappa shape index (κ3) is 2.15. The second-order valence-corrected chi connectivity index (χ2v) is 4.06. The van der Waals surface area contributed by atoms with E-state index in [4.69, 9.17) is 5.26 Å². The van der Waals surface area contributed by atoms with Crippen molar-refractivity contribution < 1.29 is 9.50 Å². The fourth-order valence-electron chi connectivity index (χ4n) is 2.02. The van der Waals surface area contributed by atoms with Gasteiger partial charge in [-0.1, -0.05) is 0 Å². The van der Waals surface area contributed by atoms with Gasteiger partial charge in [-0.25, -0.2) is 4.39 Å². The number of hydrogen-bond donors (Lipinski definition) is 2. The van der Waals surface area contributed by atoms with Crippen LogP contribution in [0.5, 0.6) is 0 Å². The summed E-state index contributed by atoms with van der Waals surface area (Å²) < 4.78 is 13.1. The molecular formula is C12H13FN2O. The van der Waals surface area contributed by atoms with Crippen LogP contribution in [0, 0.1) is 17.1 Å². The lowest BCUT2D eigenvalue weighted by atomic mass is 10.1. The molecule has 4 heteroatoms. The number of aliphatic hydroxyl groups excluding tert-OH is 1. The summed E-state index contributed by atoms with van der Waals surface area (Å²) in [7, 11) is 0.